The van der Waals surface area contributed by atoms with Crippen molar-refractivity contribution in [3.05, 3.63) is 124 Å². The molecule has 0 spiro atoms. The zero-order valence-electron chi connectivity index (χ0n) is 32.1. The highest BCUT2D eigenvalue weighted by molar-refractivity contribution is 7.99. The Morgan fingerprint density at radius 1 is 0.930 bits per heavy atom. The van der Waals surface area contributed by atoms with Crippen molar-refractivity contribution in [3.8, 4) is 0 Å². The minimum Gasteiger partial charge on any atom is -0.375 e. The summed E-state index contributed by atoms with van der Waals surface area (Å²) in [5, 5.41) is 16.8. The number of fused-ring (bicyclic) bond motifs is 1. The molecule has 298 valence electrons. The lowest BCUT2D eigenvalue weighted by Gasteiger charge is -2.37. The number of benzene rings is 4. The summed E-state index contributed by atoms with van der Waals surface area (Å²) in [5.74, 6) is 0.743. The van der Waals surface area contributed by atoms with Crippen LogP contribution in [0.3, 0.4) is 0 Å². The zero-order valence-corrected chi connectivity index (χ0v) is 34.5. The van der Waals surface area contributed by atoms with Crippen LogP contribution in [0.4, 0.5) is 22.9 Å². The maximum atomic E-state index is 13.7. The Morgan fingerprint density at radius 2 is 1.68 bits per heavy atom. The molecule has 1 atom stereocenters. The van der Waals surface area contributed by atoms with Crippen molar-refractivity contribution in [3.63, 3.8) is 0 Å². The van der Waals surface area contributed by atoms with Gasteiger partial charge in [0.05, 0.1) is 15.3 Å². The number of hydrogen-bond donors (Lipinski definition) is 2. The molecule has 1 aromatic heterocycles. The van der Waals surface area contributed by atoms with E-state index in [4.69, 9.17) is 11.6 Å². The van der Waals surface area contributed by atoms with Crippen LogP contribution in [-0.4, -0.2) is 98.3 Å². The number of aromatic nitrogens is 2. The molecule has 0 radical (unpaired) electrons. The van der Waals surface area contributed by atoms with E-state index >= 15 is 0 Å². The van der Waals surface area contributed by atoms with Gasteiger partial charge in [0, 0.05) is 78.1 Å². The van der Waals surface area contributed by atoms with Gasteiger partial charge in [0.15, 0.2) is 5.82 Å². The number of thioether (sulfide) groups is 1. The summed E-state index contributed by atoms with van der Waals surface area (Å²) in [6.45, 7) is 5.13. The number of nitrogens with zero attached hydrogens (tertiary/aromatic N) is 6. The lowest BCUT2D eigenvalue weighted by molar-refractivity contribution is -0.384. The summed E-state index contributed by atoms with van der Waals surface area (Å²) >= 11 is 7.81. The first-order chi connectivity index (χ1) is 27.5. The normalized spacial score (nSPS) is 15.9. The molecule has 15 heteroatoms. The second-order valence-electron chi connectivity index (χ2n) is 14.8. The van der Waals surface area contributed by atoms with E-state index in [2.05, 4.69) is 41.9 Å². The van der Waals surface area contributed by atoms with Crippen LogP contribution in [0.15, 0.2) is 113 Å². The molecular formula is C42H47ClN8O4S2. The van der Waals surface area contributed by atoms with Gasteiger partial charge in [0.1, 0.15) is 12.0 Å². The van der Waals surface area contributed by atoms with Crippen molar-refractivity contribution in [2.75, 3.05) is 74.1 Å². The predicted molar refractivity (Wildman–Crippen MR) is 232 cm³/mol. The molecular weight excluding hydrogens is 780 g/mol. The van der Waals surface area contributed by atoms with Crippen LogP contribution in [0.1, 0.15) is 31.2 Å². The van der Waals surface area contributed by atoms with Gasteiger partial charge in [0.2, 0.25) is 0 Å². The first-order valence-corrected chi connectivity index (χ1v) is 22.0. The number of sulfonamides is 1. The third-order valence-corrected chi connectivity index (χ3v) is 13.2. The van der Waals surface area contributed by atoms with Gasteiger partial charge < -0.3 is 15.1 Å². The fourth-order valence-corrected chi connectivity index (χ4v) is 9.66. The molecule has 4 aromatic carbocycles. The molecule has 0 amide bonds. The Bertz CT molecular complexity index is 2340. The first-order valence-electron chi connectivity index (χ1n) is 19.1. The van der Waals surface area contributed by atoms with Gasteiger partial charge in [-0.3, -0.25) is 19.7 Å². The van der Waals surface area contributed by atoms with Crippen LogP contribution in [0.5, 0.6) is 0 Å². The average molecular weight is 827 g/mol. The number of likely N-dealkylation sites (N-methyl/N-ethyl adjacent to an activating group) is 1. The molecule has 0 saturated carbocycles. The van der Waals surface area contributed by atoms with Gasteiger partial charge in [0.25, 0.3) is 15.7 Å². The molecule has 1 saturated heterocycles. The second kappa shape index (κ2) is 18.2. The number of allylic oxidation sites excluding steroid dienone is 1. The number of rotatable bonds is 15. The van der Waals surface area contributed by atoms with Crippen molar-refractivity contribution >= 4 is 72.7 Å². The van der Waals surface area contributed by atoms with Gasteiger partial charge in [-0.05, 0) is 106 Å². The van der Waals surface area contributed by atoms with Crippen molar-refractivity contribution < 1.29 is 13.3 Å². The predicted octanol–water partition coefficient (Wildman–Crippen LogP) is 8.28. The van der Waals surface area contributed by atoms with E-state index < -0.39 is 14.9 Å². The van der Waals surface area contributed by atoms with Crippen LogP contribution in [-0.2, 0) is 10.0 Å². The van der Waals surface area contributed by atoms with Crippen molar-refractivity contribution in [1.82, 2.24) is 19.8 Å². The fourth-order valence-electron chi connectivity index (χ4n) is 7.55. The van der Waals surface area contributed by atoms with Crippen LogP contribution in [0.25, 0.3) is 16.5 Å². The van der Waals surface area contributed by atoms with E-state index in [1.54, 1.807) is 11.8 Å². The number of hydrogen-bond acceptors (Lipinski definition) is 11. The number of nitrogens with one attached hydrogen (secondary N) is 2. The first kappa shape index (κ1) is 40.5. The molecule has 1 fully saturated rings. The lowest BCUT2D eigenvalue weighted by atomic mass is 9.87. The molecule has 2 aliphatic rings. The summed E-state index contributed by atoms with van der Waals surface area (Å²) in [5.41, 5.74) is 5.77. The Hall–Kier alpha value is -4.73. The third kappa shape index (κ3) is 10.2. The largest absolute Gasteiger partial charge is 0.375 e. The number of piperazine rings is 1. The van der Waals surface area contributed by atoms with E-state index in [1.165, 1.54) is 48.0 Å². The number of anilines is 3. The van der Waals surface area contributed by atoms with Gasteiger partial charge in [-0.2, -0.15) is 0 Å². The molecule has 57 heavy (non-hydrogen) atoms. The summed E-state index contributed by atoms with van der Waals surface area (Å²) in [6.07, 6.45) is 5.99. The highest BCUT2D eigenvalue weighted by atomic mass is 35.5. The molecule has 1 unspecified atom stereocenters. The molecule has 0 bridgehead atoms. The summed E-state index contributed by atoms with van der Waals surface area (Å²) in [4.78, 5) is 28.1. The Morgan fingerprint density at radius 3 is 2.42 bits per heavy atom. The quantitative estimate of drug-likeness (QED) is 0.0600. The summed E-state index contributed by atoms with van der Waals surface area (Å²) in [6, 6.07) is 27.7. The molecule has 7 rings (SSSR count). The van der Waals surface area contributed by atoms with Crippen molar-refractivity contribution in [2.24, 2.45) is 0 Å². The molecule has 2 heterocycles. The molecule has 2 N–H and O–H groups in total. The number of nitro groups is 1. The Balaban J connectivity index is 1.02. The second-order valence-corrected chi connectivity index (χ2v) is 18.0. The van der Waals surface area contributed by atoms with Crippen molar-refractivity contribution in [1.29, 1.82) is 0 Å². The Kier molecular flexibility index (Phi) is 13.0. The lowest BCUT2D eigenvalue weighted by Crippen LogP contribution is -2.47. The molecule has 1 aliphatic carbocycles. The maximum Gasteiger partial charge on any atom is 0.293 e. The number of halogens is 1. The average Bonchev–Trinajstić information content (AvgIpc) is 3.21. The molecule has 1 aliphatic heterocycles. The highest BCUT2D eigenvalue weighted by Gasteiger charge is 2.26. The minimum absolute atomic E-state index is 0.0995. The van der Waals surface area contributed by atoms with Gasteiger partial charge in [-0.1, -0.05) is 47.5 Å². The SMILES string of the molecule is CN(C)CC(CSc1ccccc1)Nc1ccc(S(=O)(=O)Nc2ncnc3cc(N4CCN(CC5=C(c6ccc(Cl)cc6)CCCC5)CC4)ccc23)cc1[N+](=O)[O-]. The van der Waals surface area contributed by atoms with Crippen LogP contribution in [0.2, 0.25) is 5.02 Å². The Labute approximate surface area is 343 Å². The maximum absolute atomic E-state index is 13.7. The van der Waals surface area contributed by atoms with Crippen LogP contribution >= 0.6 is 23.4 Å². The number of nitro benzene ring substituents is 1. The van der Waals surface area contributed by atoms with Crippen molar-refractivity contribution in [2.45, 2.75) is 41.5 Å². The van der Waals surface area contributed by atoms with Crippen LogP contribution < -0.4 is 14.9 Å². The fraction of sp³-hybridized carbons (Fsp3) is 0.333. The monoisotopic (exact) mass is 826 g/mol. The molecule has 12 nitrogen and oxygen atoms in total. The summed E-state index contributed by atoms with van der Waals surface area (Å²) in [7, 11) is -0.382. The third-order valence-electron chi connectivity index (χ3n) is 10.4. The standard InChI is InChI=1S/C42H47ClN8O4S2/c1-48(2)27-33(28-56-35-9-4-3-5-10-35)46-39-19-17-36(25-41(39)51(52)53)57(54,55)47-42-38-18-16-34(24-40(38)44-29-45-42)50-22-20-49(21-23-50)26-31-8-6-7-11-37(31)30-12-14-32(43)15-13-30/h3-5,9-10,12-19,24-25,29,33,46H,6-8,11,20-23,26-28H2,1-2H3,(H,44,45,47). The summed E-state index contributed by atoms with van der Waals surface area (Å²) < 4.78 is 30.0. The smallest absolute Gasteiger partial charge is 0.293 e. The highest BCUT2D eigenvalue weighted by Crippen LogP contribution is 2.35. The zero-order chi connectivity index (χ0) is 39.9. The van der Waals surface area contributed by atoms with Crippen LogP contribution in [0, 0.1) is 10.1 Å². The van der Waals surface area contributed by atoms with E-state index in [0.29, 0.717) is 23.2 Å². The van der Waals surface area contributed by atoms with Gasteiger partial charge in [-0.25, -0.2) is 18.4 Å². The van der Waals surface area contributed by atoms with E-state index in [-0.39, 0.29) is 28.1 Å². The molecule has 5 aromatic rings. The van der Waals surface area contributed by atoms with E-state index in [0.717, 1.165) is 67.2 Å². The minimum atomic E-state index is -4.25. The van der Waals surface area contributed by atoms with Gasteiger partial charge in [-0.15, -0.1) is 11.8 Å². The van der Waals surface area contributed by atoms with E-state index in [1.807, 2.05) is 79.7 Å². The van der Waals surface area contributed by atoms with E-state index in [9.17, 15) is 18.5 Å². The van der Waals surface area contributed by atoms with Gasteiger partial charge >= 0.3 is 0 Å². The topological polar surface area (TPSA) is 137 Å².